The van der Waals surface area contributed by atoms with Crippen molar-refractivity contribution >= 4 is 11.9 Å². The van der Waals surface area contributed by atoms with Gasteiger partial charge in [0, 0.05) is 13.1 Å². The molecule has 0 aromatic carbocycles. The Morgan fingerprint density at radius 3 is 2.38 bits per heavy atom. The van der Waals surface area contributed by atoms with Crippen LogP contribution in [0, 0.1) is 11.3 Å². The molecule has 0 atom stereocenters. The van der Waals surface area contributed by atoms with Gasteiger partial charge in [0.2, 0.25) is 5.91 Å². The molecule has 0 saturated carbocycles. The average Bonchev–Trinajstić information content (AvgIpc) is 2.04. The summed E-state index contributed by atoms with van der Waals surface area (Å²) in [5.74, 6) is -0.598. The van der Waals surface area contributed by atoms with Crippen molar-refractivity contribution in [1.29, 1.82) is 0 Å². The van der Waals surface area contributed by atoms with Crippen molar-refractivity contribution in [2.75, 3.05) is 26.2 Å². The predicted molar refractivity (Wildman–Crippen MR) is 60.0 cm³/mol. The second-order valence-corrected chi connectivity index (χ2v) is 5.43. The Labute approximate surface area is 95.8 Å². The lowest BCUT2D eigenvalue weighted by molar-refractivity contribution is -0.138. The standard InChI is InChI=1S/C11H20N2O3/c1-11(2,3)8-5-13(6-8)7-9(14)12-4-10(15)16/h8H,4-7H2,1-3H3,(H,12,14)(H,15,16). The quantitative estimate of drug-likeness (QED) is 0.719. The highest BCUT2D eigenvalue weighted by atomic mass is 16.4. The van der Waals surface area contributed by atoms with Gasteiger partial charge in [-0.2, -0.15) is 0 Å². The number of likely N-dealkylation sites (tertiary alicyclic amines) is 1. The summed E-state index contributed by atoms with van der Waals surface area (Å²) >= 11 is 0. The molecule has 5 nitrogen and oxygen atoms in total. The summed E-state index contributed by atoms with van der Waals surface area (Å²) < 4.78 is 0. The molecule has 0 aromatic heterocycles. The Kier molecular flexibility index (Phi) is 3.91. The fraction of sp³-hybridized carbons (Fsp3) is 0.818. The van der Waals surface area contributed by atoms with Gasteiger partial charge in [-0.25, -0.2) is 0 Å². The fourth-order valence-corrected chi connectivity index (χ4v) is 1.68. The van der Waals surface area contributed by atoms with Gasteiger partial charge in [-0.05, 0) is 11.3 Å². The summed E-state index contributed by atoms with van der Waals surface area (Å²) in [7, 11) is 0. The molecule has 1 aliphatic rings. The molecule has 1 aliphatic heterocycles. The lowest BCUT2D eigenvalue weighted by atomic mass is 9.76. The van der Waals surface area contributed by atoms with E-state index in [-0.39, 0.29) is 17.9 Å². The zero-order valence-electron chi connectivity index (χ0n) is 10.1. The molecule has 0 bridgehead atoms. The SMILES string of the molecule is CC(C)(C)C1CN(CC(=O)NCC(=O)O)C1. The van der Waals surface area contributed by atoms with Crippen LogP contribution in [0.1, 0.15) is 20.8 Å². The number of aliphatic carboxylic acids is 1. The molecule has 0 unspecified atom stereocenters. The van der Waals surface area contributed by atoms with Crippen molar-refractivity contribution in [3.63, 3.8) is 0 Å². The lowest BCUT2D eigenvalue weighted by Gasteiger charge is -2.46. The third kappa shape index (κ3) is 3.81. The molecule has 5 heteroatoms. The molecule has 1 amide bonds. The number of hydrogen-bond donors (Lipinski definition) is 2. The minimum Gasteiger partial charge on any atom is -0.480 e. The summed E-state index contributed by atoms with van der Waals surface area (Å²) in [6, 6.07) is 0. The monoisotopic (exact) mass is 228 g/mol. The number of hydrogen-bond acceptors (Lipinski definition) is 3. The number of nitrogens with one attached hydrogen (secondary N) is 1. The average molecular weight is 228 g/mol. The van der Waals surface area contributed by atoms with Gasteiger partial charge in [0.25, 0.3) is 0 Å². The van der Waals surface area contributed by atoms with E-state index in [0.29, 0.717) is 12.5 Å². The minimum absolute atomic E-state index is 0.213. The van der Waals surface area contributed by atoms with Crippen molar-refractivity contribution in [3.8, 4) is 0 Å². The third-order valence-electron chi connectivity index (χ3n) is 2.99. The molecule has 2 N–H and O–H groups in total. The first kappa shape index (κ1) is 13.0. The Bertz CT molecular complexity index is 277. The van der Waals surface area contributed by atoms with E-state index in [0.717, 1.165) is 13.1 Å². The Hall–Kier alpha value is -1.10. The van der Waals surface area contributed by atoms with E-state index in [1.165, 1.54) is 0 Å². The van der Waals surface area contributed by atoms with Crippen LogP contribution in [0.2, 0.25) is 0 Å². The smallest absolute Gasteiger partial charge is 0.322 e. The van der Waals surface area contributed by atoms with Gasteiger partial charge in [-0.1, -0.05) is 20.8 Å². The van der Waals surface area contributed by atoms with Gasteiger partial charge in [-0.3, -0.25) is 14.5 Å². The maximum atomic E-state index is 11.3. The van der Waals surface area contributed by atoms with E-state index < -0.39 is 5.97 Å². The molecular weight excluding hydrogens is 208 g/mol. The molecule has 1 heterocycles. The third-order valence-corrected chi connectivity index (χ3v) is 2.99. The molecule has 0 radical (unpaired) electrons. The summed E-state index contributed by atoms with van der Waals surface area (Å²) in [6.07, 6.45) is 0. The van der Waals surface area contributed by atoms with Crippen LogP contribution in [-0.2, 0) is 9.59 Å². The zero-order chi connectivity index (χ0) is 12.3. The number of carboxylic acid groups (broad SMARTS) is 1. The number of carbonyl (C=O) groups excluding carboxylic acids is 1. The first-order valence-corrected chi connectivity index (χ1v) is 5.50. The zero-order valence-corrected chi connectivity index (χ0v) is 10.1. The first-order chi connectivity index (χ1) is 7.29. The Morgan fingerprint density at radius 2 is 1.94 bits per heavy atom. The van der Waals surface area contributed by atoms with Crippen molar-refractivity contribution < 1.29 is 14.7 Å². The van der Waals surface area contributed by atoms with Crippen molar-refractivity contribution in [3.05, 3.63) is 0 Å². The number of carbonyl (C=O) groups is 2. The maximum absolute atomic E-state index is 11.3. The molecule has 92 valence electrons. The van der Waals surface area contributed by atoms with Crippen molar-refractivity contribution in [1.82, 2.24) is 10.2 Å². The molecule has 1 saturated heterocycles. The van der Waals surface area contributed by atoms with Crippen LogP contribution in [-0.4, -0.2) is 48.1 Å². The normalized spacial score (nSPS) is 17.9. The van der Waals surface area contributed by atoms with Gasteiger partial charge in [0.1, 0.15) is 6.54 Å². The molecule has 0 aliphatic carbocycles. The molecule has 1 rings (SSSR count). The highest BCUT2D eigenvalue weighted by Gasteiger charge is 2.36. The lowest BCUT2D eigenvalue weighted by Crippen LogP contribution is -2.55. The number of rotatable bonds is 4. The Morgan fingerprint density at radius 1 is 1.38 bits per heavy atom. The molecule has 1 fully saturated rings. The maximum Gasteiger partial charge on any atom is 0.322 e. The van der Waals surface area contributed by atoms with Crippen LogP contribution >= 0.6 is 0 Å². The molecular formula is C11H20N2O3. The summed E-state index contributed by atoms with van der Waals surface area (Å²) in [5, 5.41) is 10.7. The van der Waals surface area contributed by atoms with E-state index in [2.05, 4.69) is 26.1 Å². The van der Waals surface area contributed by atoms with Gasteiger partial charge in [-0.15, -0.1) is 0 Å². The largest absolute Gasteiger partial charge is 0.480 e. The second-order valence-electron chi connectivity index (χ2n) is 5.43. The van der Waals surface area contributed by atoms with Crippen molar-refractivity contribution in [2.45, 2.75) is 20.8 Å². The van der Waals surface area contributed by atoms with E-state index in [4.69, 9.17) is 5.11 Å². The van der Waals surface area contributed by atoms with Crippen LogP contribution in [0.3, 0.4) is 0 Å². The highest BCUT2D eigenvalue weighted by molar-refractivity contribution is 5.82. The second kappa shape index (κ2) is 4.82. The van der Waals surface area contributed by atoms with Gasteiger partial charge in [0.15, 0.2) is 0 Å². The van der Waals surface area contributed by atoms with Crippen molar-refractivity contribution in [2.24, 2.45) is 11.3 Å². The molecule has 0 spiro atoms. The summed E-state index contributed by atoms with van der Waals surface area (Å²) in [6.45, 7) is 8.43. The van der Waals surface area contributed by atoms with E-state index in [1.807, 2.05) is 4.90 Å². The van der Waals surface area contributed by atoms with Crippen LogP contribution in [0.5, 0.6) is 0 Å². The first-order valence-electron chi connectivity index (χ1n) is 5.50. The van der Waals surface area contributed by atoms with E-state index in [1.54, 1.807) is 0 Å². The predicted octanol–water partition coefficient (Wildman–Crippen LogP) is 0.165. The van der Waals surface area contributed by atoms with Gasteiger partial charge >= 0.3 is 5.97 Å². The highest BCUT2D eigenvalue weighted by Crippen LogP contribution is 2.33. The van der Waals surface area contributed by atoms with E-state index in [9.17, 15) is 9.59 Å². The van der Waals surface area contributed by atoms with Gasteiger partial charge in [0.05, 0.1) is 6.54 Å². The minimum atomic E-state index is -1.01. The van der Waals surface area contributed by atoms with E-state index >= 15 is 0 Å². The summed E-state index contributed by atoms with van der Waals surface area (Å²) in [5.41, 5.74) is 0.286. The van der Waals surface area contributed by atoms with Crippen LogP contribution < -0.4 is 5.32 Å². The number of amides is 1. The van der Waals surface area contributed by atoms with Crippen LogP contribution in [0.25, 0.3) is 0 Å². The van der Waals surface area contributed by atoms with Crippen LogP contribution in [0.15, 0.2) is 0 Å². The fourth-order valence-electron chi connectivity index (χ4n) is 1.68. The van der Waals surface area contributed by atoms with Crippen LogP contribution in [0.4, 0.5) is 0 Å². The Balaban J connectivity index is 2.17. The van der Waals surface area contributed by atoms with Gasteiger partial charge < -0.3 is 10.4 Å². The topological polar surface area (TPSA) is 69.6 Å². The number of nitrogens with zero attached hydrogens (tertiary/aromatic N) is 1. The molecule has 0 aromatic rings. The summed E-state index contributed by atoms with van der Waals surface area (Å²) in [4.78, 5) is 23.6. The number of carboxylic acids is 1. The molecule has 16 heavy (non-hydrogen) atoms.